The van der Waals surface area contributed by atoms with E-state index in [9.17, 15) is 5.11 Å². The van der Waals surface area contributed by atoms with Crippen LogP contribution in [0.25, 0.3) is 17.2 Å². The number of aromatic nitrogens is 5. The zero-order valence-electron chi connectivity index (χ0n) is 14.7. The first-order valence-electron chi connectivity index (χ1n) is 8.86. The van der Waals surface area contributed by atoms with Crippen molar-refractivity contribution in [1.82, 2.24) is 24.7 Å². The first kappa shape index (κ1) is 16.8. The van der Waals surface area contributed by atoms with Crippen LogP contribution in [-0.2, 0) is 0 Å². The summed E-state index contributed by atoms with van der Waals surface area (Å²) >= 11 is 0. The van der Waals surface area contributed by atoms with Gasteiger partial charge >= 0.3 is 0 Å². The molecule has 3 N–H and O–H groups in total. The lowest BCUT2D eigenvalue weighted by Gasteiger charge is -2.30. The predicted molar refractivity (Wildman–Crippen MR) is 97.7 cm³/mol. The van der Waals surface area contributed by atoms with Gasteiger partial charge in [0.15, 0.2) is 5.82 Å². The van der Waals surface area contributed by atoms with Gasteiger partial charge in [-0.15, -0.1) is 5.10 Å². The van der Waals surface area contributed by atoms with E-state index < -0.39 is 6.10 Å². The van der Waals surface area contributed by atoms with Crippen LogP contribution in [0.15, 0.2) is 42.9 Å². The summed E-state index contributed by atoms with van der Waals surface area (Å²) in [6.45, 7) is 2.00. The summed E-state index contributed by atoms with van der Waals surface area (Å²) in [5.74, 6) is 1.60. The van der Waals surface area contributed by atoms with Crippen LogP contribution >= 0.6 is 0 Å². The van der Waals surface area contributed by atoms with Gasteiger partial charge in [-0.3, -0.25) is 9.97 Å². The van der Waals surface area contributed by atoms with Gasteiger partial charge in [-0.2, -0.15) is 0 Å². The maximum absolute atomic E-state index is 9.97. The number of rotatable bonds is 3. The van der Waals surface area contributed by atoms with Crippen molar-refractivity contribution in [3.63, 3.8) is 0 Å². The Kier molecular flexibility index (Phi) is 4.48. The van der Waals surface area contributed by atoms with Crippen molar-refractivity contribution in [3.8, 4) is 17.2 Å². The van der Waals surface area contributed by atoms with Crippen molar-refractivity contribution in [1.29, 1.82) is 0 Å². The Morgan fingerprint density at radius 3 is 2.81 bits per heavy atom. The molecule has 0 saturated heterocycles. The average Bonchev–Trinajstić information content (AvgIpc) is 3.10. The summed E-state index contributed by atoms with van der Waals surface area (Å²) in [6, 6.07) is 7.39. The van der Waals surface area contributed by atoms with Crippen LogP contribution < -0.4 is 5.73 Å². The molecule has 1 saturated carbocycles. The molecule has 0 bridgehead atoms. The van der Waals surface area contributed by atoms with Gasteiger partial charge in [0.2, 0.25) is 0 Å². The molecular weight excluding hydrogens is 328 g/mol. The molecule has 7 nitrogen and oxygen atoms in total. The smallest absolute Gasteiger partial charge is 0.200 e. The molecule has 134 valence electrons. The topological polar surface area (TPSA) is 103 Å². The average molecular weight is 350 g/mol. The fourth-order valence-corrected chi connectivity index (χ4v) is 3.50. The standard InChI is InChI=1S/C19H22N6O/c1-12-11-21-9-7-16(12)25-19(13-5-6-17(26)14(20)10-13)23-18(24-25)15-4-2-3-8-22-15/h2-4,7-9,11,13-14,17,26H,5-6,10,20H2,1H3/t13-,14+,17+/m0/s1. The normalized spacial score (nSPS) is 23.1. The molecule has 4 rings (SSSR count). The molecule has 1 aliphatic carbocycles. The number of hydrogen-bond acceptors (Lipinski definition) is 6. The predicted octanol–water partition coefficient (Wildman–Crippen LogP) is 1.99. The Hall–Kier alpha value is -2.64. The number of aliphatic hydroxyl groups excluding tert-OH is 1. The minimum atomic E-state index is -0.444. The third-order valence-corrected chi connectivity index (χ3v) is 4.97. The lowest BCUT2D eigenvalue weighted by atomic mass is 9.83. The Morgan fingerprint density at radius 2 is 2.08 bits per heavy atom. The highest BCUT2D eigenvalue weighted by molar-refractivity contribution is 5.50. The van der Waals surface area contributed by atoms with E-state index in [0.29, 0.717) is 18.7 Å². The third-order valence-electron chi connectivity index (χ3n) is 4.97. The molecule has 3 aromatic rings. The molecule has 0 unspecified atom stereocenters. The summed E-state index contributed by atoms with van der Waals surface area (Å²) in [6.07, 6.45) is 7.06. The Balaban J connectivity index is 1.81. The van der Waals surface area contributed by atoms with E-state index in [1.165, 1.54) is 0 Å². The summed E-state index contributed by atoms with van der Waals surface area (Å²) in [5.41, 5.74) is 8.82. The molecule has 26 heavy (non-hydrogen) atoms. The van der Waals surface area contributed by atoms with Crippen LogP contribution in [0.4, 0.5) is 0 Å². The zero-order valence-corrected chi connectivity index (χ0v) is 14.7. The third kappa shape index (κ3) is 3.11. The van der Waals surface area contributed by atoms with Crippen LogP contribution in [0.1, 0.15) is 36.6 Å². The van der Waals surface area contributed by atoms with E-state index >= 15 is 0 Å². The maximum Gasteiger partial charge on any atom is 0.200 e. The van der Waals surface area contributed by atoms with Crippen molar-refractivity contribution < 1.29 is 5.11 Å². The van der Waals surface area contributed by atoms with Crippen LogP contribution in [0.2, 0.25) is 0 Å². The molecule has 0 aromatic carbocycles. The lowest BCUT2D eigenvalue weighted by molar-refractivity contribution is 0.0989. The Morgan fingerprint density at radius 1 is 1.19 bits per heavy atom. The first-order chi connectivity index (χ1) is 12.6. The molecule has 0 amide bonds. The van der Waals surface area contributed by atoms with Crippen LogP contribution in [0.5, 0.6) is 0 Å². The van der Waals surface area contributed by atoms with Gasteiger partial charge in [0.05, 0.1) is 11.8 Å². The second-order valence-electron chi connectivity index (χ2n) is 6.82. The van der Waals surface area contributed by atoms with Gasteiger partial charge in [0, 0.05) is 30.6 Å². The highest BCUT2D eigenvalue weighted by Gasteiger charge is 2.31. The quantitative estimate of drug-likeness (QED) is 0.749. The van der Waals surface area contributed by atoms with E-state index in [0.717, 1.165) is 29.2 Å². The number of nitrogens with two attached hydrogens (primary N) is 1. The summed E-state index contributed by atoms with van der Waals surface area (Å²) in [5, 5.41) is 14.7. The summed E-state index contributed by atoms with van der Waals surface area (Å²) < 4.78 is 1.89. The molecule has 1 aliphatic rings. The first-order valence-corrected chi connectivity index (χ1v) is 8.86. The van der Waals surface area contributed by atoms with Crippen molar-refractivity contribution in [2.45, 2.75) is 44.2 Å². The molecule has 3 atom stereocenters. The van der Waals surface area contributed by atoms with Crippen molar-refractivity contribution >= 4 is 0 Å². The molecule has 3 heterocycles. The highest BCUT2D eigenvalue weighted by Crippen LogP contribution is 2.33. The van der Waals surface area contributed by atoms with Gasteiger partial charge < -0.3 is 10.8 Å². The second kappa shape index (κ2) is 6.93. The number of aliphatic hydroxyl groups is 1. The minimum Gasteiger partial charge on any atom is -0.392 e. The lowest BCUT2D eigenvalue weighted by Crippen LogP contribution is -2.40. The highest BCUT2D eigenvalue weighted by atomic mass is 16.3. The second-order valence-corrected chi connectivity index (χ2v) is 6.82. The number of nitrogens with zero attached hydrogens (tertiary/aromatic N) is 5. The number of pyridine rings is 2. The van der Waals surface area contributed by atoms with E-state index in [1.807, 2.05) is 42.1 Å². The molecule has 0 spiro atoms. The molecule has 0 aliphatic heterocycles. The summed E-state index contributed by atoms with van der Waals surface area (Å²) in [7, 11) is 0. The number of hydrogen-bond donors (Lipinski definition) is 2. The number of aryl methyl sites for hydroxylation is 1. The van der Waals surface area contributed by atoms with Gasteiger partial charge in [0.25, 0.3) is 0 Å². The van der Waals surface area contributed by atoms with Gasteiger partial charge in [-0.1, -0.05) is 6.07 Å². The van der Waals surface area contributed by atoms with Crippen molar-refractivity contribution in [3.05, 3.63) is 54.2 Å². The van der Waals surface area contributed by atoms with Crippen molar-refractivity contribution in [2.75, 3.05) is 0 Å². The SMILES string of the molecule is Cc1cnccc1-n1nc(-c2ccccn2)nc1[C@H]1CC[C@@H](O)[C@H](N)C1. The molecule has 7 heteroatoms. The van der Waals surface area contributed by atoms with Crippen LogP contribution in [-0.4, -0.2) is 42.0 Å². The van der Waals surface area contributed by atoms with E-state index in [1.54, 1.807) is 12.4 Å². The summed E-state index contributed by atoms with van der Waals surface area (Å²) in [4.78, 5) is 13.4. The zero-order chi connectivity index (χ0) is 18.1. The van der Waals surface area contributed by atoms with Gasteiger partial charge in [-0.05, 0) is 49.9 Å². The molecule has 1 fully saturated rings. The minimum absolute atomic E-state index is 0.144. The maximum atomic E-state index is 9.97. The Labute approximate surface area is 151 Å². The van der Waals surface area contributed by atoms with Crippen LogP contribution in [0, 0.1) is 6.92 Å². The Bertz CT molecular complexity index is 894. The molecule has 3 aromatic heterocycles. The van der Waals surface area contributed by atoms with Gasteiger partial charge in [-0.25, -0.2) is 9.67 Å². The largest absolute Gasteiger partial charge is 0.392 e. The van der Waals surface area contributed by atoms with E-state index in [2.05, 4.69) is 9.97 Å². The van der Waals surface area contributed by atoms with E-state index in [4.69, 9.17) is 15.8 Å². The van der Waals surface area contributed by atoms with E-state index in [-0.39, 0.29) is 12.0 Å². The van der Waals surface area contributed by atoms with Crippen LogP contribution in [0.3, 0.4) is 0 Å². The fourth-order valence-electron chi connectivity index (χ4n) is 3.50. The van der Waals surface area contributed by atoms with Crippen molar-refractivity contribution in [2.24, 2.45) is 5.73 Å². The monoisotopic (exact) mass is 350 g/mol. The fraction of sp³-hybridized carbons (Fsp3) is 0.368. The molecular formula is C19H22N6O. The molecule has 0 radical (unpaired) electrons. The van der Waals surface area contributed by atoms with Gasteiger partial charge in [0.1, 0.15) is 11.5 Å².